The van der Waals surface area contributed by atoms with Crippen molar-refractivity contribution < 1.29 is 17.6 Å². The summed E-state index contributed by atoms with van der Waals surface area (Å²) in [6.07, 6.45) is 0. The van der Waals surface area contributed by atoms with Gasteiger partial charge >= 0.3 is 0 Å². The first kappa shape index (κ1) is 19.1. The molecular weight excluding hydrogens is 343 g/mol. The second-order valence-electron chi connectivity index (χ2n) is 5.81. The quantitative estimate of drug-likeness (QED) is 0.857. The average Bonchev–Trinajstić information content (AvgIpc) is 2.52. The highest BCUT2D eigenvalue weighted by atomic mass is 32.2. The van der Waals surface area contributed by atoms with Gasteiger partial charge in [-0.05, 0) is 49.7 Å². The Hall–Kier alpha value is -2.25. The van der Waals surface area contributed by atoms with Gasteiger partial charge in [-0.3, -0.25) is 4.79 Å². The van der Waals surface area contributed by atoms with Gasteiger partial charge in [-0.15, -0.1) is 0 Å². The Morgan fingerprint density at radius 1 is 1.12 bits per heavy atom. The first-order valence-corrected chi connectivity index (χ1v) is 9.29. The van der Waals surface area contributed by atoms with E-state index in [2.05, 4.69) is 4.72 Å². The molecule has 2 rings (SSSR count). The van der Waals surface area contributed by atoms with Crippen LogP contribution in [-0.4, -0.2) is 27.4 Å². The van der Waals surface area contributed by atoms with Crippen molar-refractivity contribution in [1.82, 2.24) is 4.72 Å². The number of hydrogen-bond donors (Lipinski definition) is 1. The number of hydrogen-bond acceptors (Lipinski definition) is 3. The highest BCUT2D eigenvalue weighted by molar-refractivity contribution is 7.89. The summed E-state index contributed by atoms with van der Waals surface area (Å²) < 4.78 is 40.4. The third-order valence-electron chi connectivity index (χ3n) is 3.77. The number of carbonyl (C=O) groups is 1. The van der Waals surface area contributed by atoms with Crippen molar-refractivity contribution in [2.24, 2.45) is 0 Å². The molecule has 0 bridgehead atoms. The first-order chi connectivity index (χ1) is 11.7. The van der Waals surface area contributed by atoms with E-state index in [0.717, 1.165) is 5.56 Å². The van der Waals surface area contributed by atoms with Crippen LogP contribution in [0.25, 0.3) is 0 Å². The summed E-state index contributed by atoms with van der Waals surface area (Å²) in [7, 11) is -3.67. The molecule has 2 aromatic carbocycles. The smallest absolute Gasteiger partial charge is 0.240 e. The van der Waals surface area contributed by atoms with Gasteiger partial charge in [-0.2, -0.15) is 0 Å². The van der Waals surface area contributed by atoms with Crippen molar-refractivity contribution in [1.29, 1.82) is 0 Å². The van der Waals surface area contributed by atoms with E-state index in [1.165, 1.54) is 36.1 Å². The van der Waals surface area contributed by atoms with E-state index in [1.54, 1.807) is 25.1 Å². The molecule has 0 heterocycles. The second kappa shape index (κ2) is 7.76. The minimum absolute atomic E-state index is 0.0482. The number of rotatable bonds is 6. The van der Waals surface area contributed by atoms with Crippen molar-refractivity contribution in [3.05, 3.63) is 59.4 Å². The van der Waals surface area contributed by atoms with Crippen LogP contribution >= 0.6 is 0 Å². The van der Waals surface area contributed by atoms with E-state index in [-0.39, 0.29) is 23.9 Å². The van der Waals surface area contributed by atoms with Crippen LogP contribution in [-0.2, 0) is 14.8 Å². The maximum Gasteiger partial charge on any atom is 0.240 e. The van der Waals surface area contributed by atoms with E-state index < -0.39 is 15.8 Å². The molecule has 0 fully saturated rings. The molecule has 0 unspecified atom stereocenters. The molecule has 7 heteroatoms. The lowest BCUT2D eigenvalue weighted by Crippen LogP contribution is -2.37. The van der Waals surface area contributed by atoms with Gasteiger partial charge in [0.05, 0.1) is 4.90 Å². The van der Waals surface area contributed by atoms with Gasteiger partial charge in [0.25, 0.3) is 0 Å². The summed E-state index contributed by atoms with van der Waals surface area (Å²) >= 11 is 0. The molecule has 0 aliphatic carbocycles. The van der Waals surface area contributed by atoms with Crippen molar-refractivity contribution >= 4 is 21.6 Å². The number of sulfonamides is 1. The Morgan fingerprint density at radius 2 is 1.76 bits per heavy atom. The lowest BCUT2D eigenvalue weighted by atomic mass is 10.2. The molecule has 0 aliphatic rings. The monoisotopic (exact) mass is 364 g/mol. The minimum atomic E-state index is -3.67. The van der Waals surface area contributed by atoms with Crippen LogP contribution < -0.4 is 9.62 Å². The zero-order valence-corrected chi connectivity index (χ0v) is 15.2. The number of halogens is 1. The SMILES string of the molecule is CC(=O)N(CCNS(=O)(=O)c1ccc(C)cc1C)c1ccc(F)cc1. The molecule has 0 saturated carbocycles. The van der Waals surface area contributed by atoms with Gasteiger partial charge in [0.15, 0.2) is 0 Å². The van der Waals surface area contributed by atoms with Crippen molar-refractivity contribution in [2.45, 2.75) is 25.7 Å². The topological polar surface area (TPSA) is 66.5 Å². The van der Waals surface area contributed by atoms with E-state index in [4.69, 9.17) is 0 Å². The highest BCUT2D eigenvalue weighted by Crippen LogP contribution is 2.17. The van der Waals surface area contributed by atoms with Crippen LogP contribution in [0.1, 0.15) is 18.1 Å². The Bertz CT molecular complexity index is 864. The zero-order valence-electron chi connectivity index (χ0n) is 14.4. The Balaban J connectivity index is 2.08. The third kappa shape index (κ3) is 4.87. The van der Waals surface area contributed by atoms with Crippen LogP contribution in [0.2, 0.25) is 0 Å². The predicted molar refractivity (Wildman–Crippen MR) is 95.5 cm³/mol. The number of aryl methyl sites for hydroxylation is 2. The van der Waals surface area contributed by atoms with Gasteiger partial charge in [0.2, 0.25) is 15.9 Å². The first-order valence-electron chi connectivity index (χ1n) is 7.81. The lowest BCUT2D eigenvalue weighted by Gasteiger charge is -2.21. The third-order valence-corrected chi connectivity index (χ3v) is 5.39. The number of carbonyl (C=O) groups excluding carboxylic acids is 1. The fourth-order valence-electron chi connectivity index (χ4n) is 2.56. The number of anilines is 1. The molecule has 0 aliphatic heterocycles. The van der Waals surface area contributed by atoms with Gasteiger partial charge in [0.1, 0.15) is 5.82 Å². The van der Waals surface area contributed by atoms with Crippen LogP contribution in [0.15, 0.2) is 47.4 Å². The second-order valence-corrected chi connectivity index (χ2v) is 7.55. The van der Waals surface area contributed by atoms with Gasteiger partial charge in [-0.25, -0.2) is 17.5 Å². The number of nitrogens with one attached hydrogen (secondary N) is 1. The maximum atomic E-state index is 13.0. The normalized spacial score (nSPS) is 11.4. The number of nitrogens with zero attached hydrogens (tertiary/aromatic N) is 1. The molecule has 0 spiro atoms. The summed E-state index contributed by atoms with van der Waals surface area (Å²) in [5, 5.41) is 0. The van der Waals surface area contributed by atoms with E-state index in [1.807, 2.05) is 6.92 Å². The highest BCUT2D eigenvalue weighted by Gasteiger charge is 2.18. The van der Waals surface area contributed by atoms with E-state index >= 15 is 0 Å². The average molecular weight is 364 g/mol. The van der Waals surface area contributed by atoms with Crippen LogP contribution in [0.5, 0.6) is 0 Å². The number of amides is 1. The Morgan fingerprint density at radius 3 is 2.32 bits per heavy atom. The molecule has 134 valence electrons. The number of benzene rings is 2. The fraction of sp³-hybridized carbons (Fsp3) is 0.278. The lowest BCUT2D eigenvalue weighted by molar-refractivity contribution is -0.116. The molecule has 25 heavy (non-hydrogen) atoms. The molecule has 0 aromatic heterocycles. The molecule has 0 atom stereocenters. The molecule has 2 aromatic rings. The summed E-state index contributed by atoms with van der Waals surface area (Å²) in [5.41, 5.74) is 2.16. The van der Waals surface area contributed by atoms with Crippen molar-refractivity contribution in [3.63, 3.8) is 0 Å². The van der Waals surface area contributed by atoms with Crippen LogP contribution in [0.3, 0.4) is 0 Å². The minimum Gasteiger partial charge on any atom is -0.311 e. The maximum absolute atomic E-state index is 13.0. The van der Waals surface area contributed by atoms with Crippen LogP contribution in [0, 0.1) is 19.7 Å². The Kier molecular flexibility index (Phi) is 5.92. The van der Waals surface area contributed by atoms with E-state index in [9.17, 15) is 17.6 Å². The molecular formula is C18H21FN2O3S. The van der Waals surface area contributed by atoms with E-state index in [0.29, 0.717) is 11.3 Å². The Labute approximate surface area is 147 Å². The molecule has 0 radical (unpaired) electrons. The molecule has 1 N–H and O–H groups in total. The summed E-state index contributed by atoms with van der Waals surface area (Å²) in [5.74, 6) is -0.653. The zero-order chi connectivity index (χ0) is 18.6. The van der Waals surface area contributed by atoms with Gasteiger partial charge < -0.3 is 4.90 Å². The summed E-state index contributed by atoms with van der Waals surface area (Å²) in [6.45, 7) is 5.20. The largest absolute Gasteiger partial charge is 0.311 e. The van der Waals surface area contributed by atoms with Crippen LogP contribution in [0.4, 0.5) is 10.1 Å². The summed E-state index contributed by atoms with van der Waals surface area (Å²) in [4.78, 5) is 13.4. The predicted octanol–water partition coefficient (Wildman–Crippen LogP) is 2.77. The summed E-state index contributed by atoms with van der Waals surface area (Å²) in [6, 6.07) is 10.6. The molecule has 0 saturated heterocycles. The fourth-order valence-corrected chi connectivity index (χ4v) is 3.81. The molecule has 5 nitrogen and oxygen atoms in total. The van der Waals surface area contributed by atoms with Crippen molar-refractivity contribution in [3.8, 4) is 0 Å². The molecule has 1 amide bonds. The van der Waals surface area contributed by atoms with Gasteiger partial charge in [-0.1, -0.05) is 17.7 Å². The van der Waals surface area contributed by atoms with Crippen molar-refractivity contribution in [2.75, 3.05) is 18.0 Å². The van der Waals surface area contributed by atoms with Gasteiger partial charge in [0, 0.05) is 25.7 Å². The standard InChI is InChI=1S/C18H21FN2O3S/c1-13-4-9-18(14(2)12-13)25(23,24)20-10-11-21(15(3)22)17-7-5-16(19)6-8-17/h4-9,12,20H,10-11H2,1-3H3.